The third kappa shape index (κ3) is 8.60. The van der Waals surface area contributed by atoms with Gasteiger partial charge in [-0.1, -0.05) is 6.58 Å². The molecule has 0 rings (SSSR count). The fraction of sp³-hybridized carbons (Fsp3) is 0.700. The second kappa shape index (κ2) is 9.53. The molecule has 0 amide bonds. The van der Waals surface area contributed by atoms with Crippen LogP contribution in [-0.2, 0) is 22.8 Å². The maximum atomic E-state index is 10.0. The smallest absolute Gasteiger partial charge is 0.463 e. The number of esters is 1. The van der Waals surface area contributed by atoms with Crippen molar-refractivity contribution >= 4 is 14.8 Å². The molecule has 0 aromatic carbocycles. The average molecular weight is 250 g/mol. The molecule has 5 nitrogen and oxygen atoms in total. The molecule has 0 aromatic rings. The summed E-state index contributed by atoms with van der Waals surface area (Å²) in [6, 6.07) is 0. The summed E-state index contributed by atoms with van der Waals surface area (Å²) in [4.78, 5) is 10.0. The van der Waals surface area contributed by atoms with Crippen LogP contribution in [0.4, 0.5) is 0 Å². The van der Waals surface area contributed by atoms with Gasteiger partial charge in [-0.05, 0) is 19.5 Å². The molecule has 0 atom stereocenters. The van der Waals surface area contributed by atoms with Crippen LogP contribution < -0.4 is 0 Å². The summed E-state index contributed by atoms with van der Waals surface area (Å²) < 4.78 is 19.5. The predicted octanol–water partition coefficient (Wildman–Crippen LogP) is 1.55. The minimum Gasteiger partial charge on any atom is -0.463 e. The summed E-state index contributed by atoms with van der Waals surface area (Å²) in [6.07, 6.45) is 0.0255. The van der Waals surface area contributed by atoms with Crippen molar-refractivity contribution in [2.45, 2.75) is 26.9 Å². The van der Waals surface area contributed by atoms with Crippen molar-refractivity contribution in [1.82, 2.24) is 0 Å². The van der Waals surface area contributed by atoms with Gasteiger partial charge in [0.15, 0.2) is 0 Å². The van der Waals surface area contributed by atoms with Gasteiger partial charge in [0.1, 0.15) is 0 Å². The second-order valence-electron chi connectivity index (χ2n) is 3.08. The Balaban J connectivity index is 0. The fourth-order valence-corrected chi connectivity index (χ4v) is 1.83. The van der Waals surface area contributed by atoms with Gasteiger partial charge in [0, 0.05) is 28.3 Å². The molecule has 0 saturated carbocycles. The summed E-state index contributed by atoms with van der Waals surface area (Å²) in [5, 5.41) is 0. The normalized spacial score (nSPS) is 10.4. The van der Waals surface area contributed by atoms with Crippen molar-refractivity contribution < 1.29 is 22.8 Å². The van der Waals surface area contributed by atoms with Crippen LogP contribution in [0.25, 0.3) is 0 Å². The topological polar surface area (TPSA) is 54.0 Å². The molecule has 96 valence electrons. The second-order valence-corrected chi connectivity index (χ2v) is 5.92. The Morgan fingerprint density at radius 2 is 1.56 bits per heavy atom. The Morgan fingerprint density at radius 3 is 1.56 bits per heavy atom. The van der Waals surface area contributed by atoms with Crippen LogP contribution in [0, 0.1) is 0 Å². The predicted molar refractivity (Wildman–Crippen MR) is 63.9 cm³/mol. The number of hydrogen-bond donors (Lipinski definition) is 0. The molecule has 0 fully saturated rings. The van der Waals surface area contributed by atoms with Gasteiger partial charge < -0.3 is 18.0 Å². The highest BCUT2D eigenvalue weighted by atomic mass is 28.4. The minimum atomic E-state index is -2.43. The third-order valence-corrected chi connectivity index (χ3v) is 3.71. The lowest BCUT2D eigenvalue weighted by molar-refractivity contribution is -0.144. The summed E-state index contributed by atoms with van der Waals surface area (Å²) in [5.74, 6) is -0.213. The largest absolute Gasteiger partial charge is 0.528 e. The zero-order valence-electron chi connectivity index (χ0n) is 10.9. The Labute approximate surface area is 98.7 Å². The van der Waals surface area contributed by atoms with E-state index in [1.54, 1.807) is 27.0 Å². The fourth-order valence-electron chi connectivity index (χ4n) is 0.832. The van der Waals surface area contributed by atoms with Gasteiger partial charge in [-0.2, -0.15) is 0 Å². The number of carbonyl (C=O) groups is 1. The van der Waals surface area contributed by atoms with Gasteiger partial charge in [-0.15, -0.1) is 0 Å². The van der Waals surface area contributed by atoms with E-state index in [-0.39, 0.29) is 12.1 Å². The third-order valence-electron chi connectivity index (χ3n) is 1.51. The maximum Gasteiger partial charge on any atom is 0.528 e. The van der Waals surface area contributed by atoms with Crippen molar-refractivity contribution in [2.75, 3.05) is 21.3 Å². The van der Waals surface area contributed by atoms with Crippen LogP contribution in [0.3, 0.4) is 0 Å². The molecule has 6 heteroatoms. The first-order valence-electron chi connectivity index (χ1n) is 4.83. The number of hydrogen-bond acceptors (Lipinski definition) is 5. The van der Waals surface area contributed by atoms with Crippen molar-refractivity contribution in [2.24, 2.45) is 0 Å². The zero-order chi connectivity index (χ0) is 13.2. The molecule has 0 heterocycles. The summed E-state index contributed by atoms with van der Waals surface area (Å²) in [6.45, 7) is 8.58. The van der Waals surface area contributed by atoms with E-state index in [1.807, 2.05) is 13.8 Å². The lowest BCUT2D eigenvalue weighted by Gasteiger charge is -2.19. The lowest BCUT2D eigenvalue weighted by atomic mass is 10.5. The van der Waals surface area contributed by atoms with E-state index >= 15 is 0 Å². The summed E-state index contributed by atoms with van der Waals surface area (Å²) in [5.41, 5.74) is 1.58. The molecular formula is C10H22O5Si. The highest BCUT2D eigenvalue weighted by molar-refractivity contribution is 6.66. The molecule has 0 radical (unpaired) electrons. The average Bonchev–Trinajstić information content (AvgIpc) is 2.21. The molecule has 0 aliphatic heterocycles. The van der Waals surface area contributed by atoms with Crippen LogP contribution in [0.2, 0.25) is 0 Å². The van der Waals surface area contributed by atoms with Gasteiger partial charge in [0.25, 0.3) is 0 Å². The van der Waals surface area contributed by atoms with Gasteiger partial charge in [-0.3, -0.25) is 4.79 Å². The van der Waals surface area contributed by atoms with E-state index in [2.05, 4.69) is 11.3 Å². The van der Waals surface area contributed by atoms with Crippen molar-refractivity contribution in [3.05, 3.63) is 12.3 Å². The zero-order valence-corrected chi connectivity index (χ0v) is 11.9. The van der Waals surface area contributed by atoms with Crippen molar-refractivity contribution in [3.8, 4) is 0 Å². The van der Waals surface area contributed by atoms with E-state index < -0.39 is 8.80 Å². The van der Waals surface area contributed by atoms with Gasteiger partial charge in [0.05, 0.1) is 6.10 Å². The van der Waals surface area contributed by atoms with Gasteiger partial charge in [-0.25, -0.2) is 0 Å². The van der Waals surface area contributed by atoms with Crippen LogP contribution in [-0.4, -0.2) is 42.2 Å². The molecule has 0 aliphatic carbocycles. The molecule has 0 aliphatic rings. The highest BCUT2D eigenvalue weighted by Gasteiger charge is 2.33. The molecule has 0 N–H and O–H groups in total. The van der Waals surface area contributed by atoms with Crippen molar-refractivity contribution in [3.63, 3.8) is 0 Å². The van der Waals surface area contributed by atoms with Crippen LogP contribution in [0.1, 0.15) is 20.8 Å². The molecule has 0 spiro atoms. The number of carbonyl (C=O) groups excluding carboxylic acids is 1. The lowest BCUT2D eigenvalue weighted by Crippen LogP contribution is -2.40. The first-order valence-corrected chi connectivity index (χ1v) is 6.63. The Hall–Kier alpha value is -0.693. The maximum absolute atomic E-state index is 10.0. The van der Waals surface area contributed by atoms with E-state index in [0.29, 0.717) is 0 Å². The standard InChI is InChI=1S/C5H12O3Si.C5H10O2/c1-5-9(6-2,7-3)8-4;1-4(2)7-5(3)6/h5H,1H2,2-4H3;4H,1-3H3. The van der Waals surface area contributed by atoms with Crippen LogP contribution >= 0.6 is 0 Å². The minimum absolute atomic E-state index is 0.0255. The van der Waals surface area contributed by atoms with E-state index in [9.17, 15) is 4.79 Å². The quantitative estimate of drug-likeness (QED) is 0.547. The molecule has 0 aromatic heterocycles. The Morgan fingerprint density at radius 1 is 1.19 bits per heavy atom. The van der Waals surface area contributed by atoms with Gasteiger partial charge >= 0.3 is 14.8 Å². The molecule has 0 bridgehead atoms. The Bertz CT molecular complexity index is 193. The van der Waals surface area contributed by atoms with Crippen LogP contribution in [0.5, 0.6) is 0 Å². The van der Waals surface area contributed by atoms with E-state index in [4.69, 9.17) is 13.3 Å². The Kier molecular flexibility index (Phi) is 10.5. The summed E-state index contributed by atoms with van der Waals surface area (Å²) >= 11 is 0. The highest BCUT2D eigenvalue weighted by Crippen LogP contribution is 2.04. The molecule has 16 heavy (non-hydrogen) atoms. The van der Waals surface area contributed by atoms with E-state index in [1.165, 1.54) is 6.92 Å². The van der Waals surface area contributed by atoms with Crippen LogP contribution in [0.15, 0.2) is 12.3 Å². The molecule has 0 saturated heterocycles. The van der Waals surface area contributed by atoms with E-state index in [0.717, 1.165) is 0 Å². The molecular weight excluding hydrogens is 228 g/mol. The summed E-state index contributed by atoms with van der Waals surface area (Å²) in [7, 11) is 2.20. The number of rotatable bonds is 5. The molecule has 0 unspecified atom stereocenters. The first kappa shape index (κ1) is 17.7. The SMILES string of the molecule is C=C[Si](OC)(OC)OC.CC(=O)OC(C)C. The number of ether oxygens (including phenoxy) is 1. The van der Waals surface area contributed by atoms with Crippen molar-refractivity contribution in [1.29, 1.82) is 0 Å². The first-order chi connectivity index (χ1) is 7.37. The van der Waals surface area contributed by atoms with Gasteiger partial charge in [0.2, 0.25) is 0 Å². The monoisotopic (exact) mass is 250 g/mol.